The molecule has 0 saturated carbocycles. The van der Waals surface area contributed by atoms with Gasteiger partial charge in [0.1, 0.15) is 0 Å². The SMILES string of the molecule is Cc1cccc(N2CCN(CC(=O)Nc3ccc(F)c(F)c3F)CC2)c1. The molecular weight excluding hydrogens is 343 g/mol. The van der Waals surface area contributed by atoms with Crippen molar-refractivity contribution in [1.82, 2.24) is 4.90 Å². The number of carbonyl (C=O) groups excluding carboxylic acids is 1. The van der Waals surface area contributed by atoms with Crippen LogP contribution in [0.15, 0.2) is 36.4 Å². The summed E-state index contributed by atoms with van der Waals surface area (Å²) in [5.74, 6) is -4.72. The topological polar surface area (TPSA) is 35.6 Å². The third kappa shape index (κ3) is 4.16. The molecule has 1 aliphatic rings. The number of piperazine rings is 1. The van der Waals surface area contributed by atoms with E-state index in [1.54, 1.807) is 0 Å². The van der Waals surface area contributed by atoms with Crippen molar-refractivity contribution in [3.63, 3.8) is 0 Å². The maximum atomic E-state index is 13.6. The number of rotatable bonds is 4. The van der Waals surface area contributed by atoms with E-state index >= 15 is 0 Å². The molecule has 0 radical (unpaired) electrons. The van der Waals surface area contributed by atoms with Crippen molar-refractivity contribution in [2.75, 3.05) is 42.9 Å². The molecule has 0 unspecified atom stereocenters. The molecule has 1 fully saturated rings. The van der Waals surface area contributed by atoms with E-state index in [9.17, 15) is 18.0 Å². The Morgan fingerprint density at radius 3 is 2.46 bits per heavy atom. The van der Waals surface area contributed by atoms with E-state index in [0.29, 0.717) is 13.1 Å². The normalized spacial score (nSPS) is 15.2. The van der Waals surface area contributed by atoms with Crippen molar-refractivity contribution in [3.8, 4) is 0 Å². The Kier molecular flexibility index (Phi) is 5.46. The lowest BCUT2D eigenvalue weighted by molar-refractivity contribution is -0.117. The summed E-state index contributed by atoms with van der Waals surface area (Å²) in [6, 6.07) is 10.0. The minimum Gasteiger partial charge on any atom is -0.369 e. The van der Waals surface area contributed by atoms with E-state index in [2.05, 4.69) is 22.3 Å². The van der Waals surface area contributed by atoms with Crippen molar-refractivity contribution in [3.05, 3.63) is 59.4 Å². The van der Waals surface area contributed by atoms with Gasteiger partial charge in [0.25, 0.3) is 0 Å². The summed E-state index contributed by atoms with van der Waals surface area (Å²) in [4.78, 5) is 16.3. The van der Waals surface area contributed by atoms with Crippen LogP contribution < -0.4 is 10.2 Å². The number of carbonyl (C=O) groups is 1. The molecule has 7 heteroatoms. The first kappa shape index (κ1) is 18.3. The minimum absolute atomic E-state index is 0.0695. The van der Waals surface area contributed by atoms with Gasteiger partial charge in [0, 0.05) is 31.9 Å². The first-order chi connectivity index (χ1) is 12.4. The van der Waals surface area contributed by atoms with Crippen LogP contribution >= 0.6 is 0 Å². The predicted molar refractivity (Wildman–Crippen MR) is 94.8 cm³/mol. The molecule has 1 heterocycles. The van der Waals surface area contributed by atoms with Crippen molar-refractivity contribution in [1.29, 1.82) is 0 Å². The van der Waals surface area contributed by atoms with Crippen LogP contribution in [0, 0.1) is 24.4 Å². The number of nitrogens with zero attached hydrogens (tertiary/aromatic N) is 2. The number of aryl methyl sites for hydroxylation is 1. The predicted octanol–water partition coefficient (Wildman–Crippen LogP) is 3.17. The molecule has 1 saturated heterocycles. The van der Waals surface area contributed by atoms with E-state index in [-0.39, 0.29) is 12.2 Å². The Morgan fingerprint density at radius 1 is 1.04 bits per heavy atom. The molecule has 0 spiro atoms. The molecule has 0 atom stereocenters. The zero-order chi connectivity index (χ0) is 18.7. The second-order valence-electron chi connectivity index (χ2n) is 6.37. The quantitative estimate of drug-likeness (QED) is 0.848. The van der Waals surface area contributed by atoms with Gasteiger partial charge in [0.2, 0.25) is 5.91 Å². The van der Waals surface area contributed by atoms with Gasteiger partial charge in [0.05, 0.1) is 12.2 Å². The van der Waals surface area contributed by atoms with Gasteiger partial charge in [-0.2, -0.15) is 0 Å². The lowest BCUT2D eigenvalue weighted by Gasteiger charge is -2.35. The third-order valence-electron chi connectivity index (χ3n) is 4.42. The Hall–Kier alpha value is -2.54. The van der Waals surface area contributed by atoms with Crippen molar-refractivity contribution < 1.29 is 18.0 Å². The highest BCUT2D eigenvalue weighted by atomic mass is 19.2. The number of anilines is 2. The summed E-state index contributed by atoms with van der Waals surface area (Å²) >= 11 is 0. The molecule has 0 aliphatic carbocycles. The number of halogens is 3. The fourth-order valence-corrected chi connectivity index (χ4v) is 3.00. The minimum atomic E-state index is -1.59. The van der Waals surface area contributed by atoms with E-state index in [4.69, 9.17) is 0 Å². The summed E-state index contributed by atoms with van der Waals surface area (Å²) in [5, 5.41) is 2.30. The Balaban J connectivity index is 1.53. The van der Waals surface area contributed by atoms with Crippen LogP contribution in [0.4, 0.5) is 24.5 Å². The van der Waals surface area contributed by atoms with Gasteiger partial charge in [0.15, 0.2) is 17.5 Å². The Labute approximate surface area is 150 Å². The van der Waals surface area contributed by atoms with Crippen LogP contribution in [0.3, 0.4) is 0 Å². The van der Waals surface area contributed by atoms with Crippen LogP contribution in [0.5, 0.6) is 0 Å². The van der Waals surface area contributed by atoms with E-state index in [1.807, 2.05) is 24.0 Å². The van der Waals surface area contributed by atoms with E-state index in [1.165, 1.54) is 5.56 Å². The second-order valence-corrected chi connectivity index (χ2v) is 6.37. The van der Waals surface area contributed by atoms with Gasteiger partial charge >= 0.3 is 0 Å². The standard InChI is InChI=1S/C19H20F3N3O/c1-13-3-2-4-14(11-13)25-9-7-24(8-10-25)12-17(26)23-16-6-5-15(20)18(21)19(16)22/h2-6,11H,7-10,12H2,1H3,(H,23,26). The average Bonchev–Trinajstić information content (AvgIpc) is 2.63. The maximum Gasteiger partial charge on any atom is 0.238 e. The molecule has 1 amide bonds. The van der Waals surface area contributed by atoms with Gasteiger partial charge in [-0.05, 0) is 36.8 Å². The van der Waals surface area contributed by atoms with Gasteiger partial charge < -0.3 is 10.2 Å². The first-order valence-corrected chi connectivity index (χ1v) is 8.41. The summed E-state index contributed by atoms with van der Waals surface area (Å²) in [6.07, 6.45) is 0. The highest BCUT2D eigenvalue weighted by Crippen LogP contribution is 2.20. The van der Waals surface area contributed by atoms with Crippen LogP contribution in [0.1, 0.15) is 5.56 Å². The summed E-state index contributed by atoms with van der Waals surface area (Å²) in [6.45, 7) is 5.03. The molecular formula is C19H20F3N3O. The maximum absolute atomic E-state index is 13.6. The molecule has 1 N–H and O–H groups in total. The monoisotopic (exact) mass is 363 g/mol. The molecule has 26 heavy (non-hydrogen) atoms. The van der Waals surface area contributed by atoms with E-state index < -0.39 is 23.4 Å². The fourth-order valence-electron chi connectivity index (χ4n) is 3.00. The van der Waals surface area contributed by atoms with Gasteiger partial charge in [-0.15, -0.1) is 0 Å². The van der Waals surface area contributed by atoms with Crippen LogP contribution in [-0.2, 0) is 4.79 Å². The average molecular weight is 363 g/mol. The lowest BCUT2D eigenvalue weighted by Crippen LogP contribution is -2.48. The van der Waals surface area contributed by atoms with Crippen molar-refractivity contribution in [2.24, 2.45) is 0 Å². The number of amides is 1. The second kappa shape index (κ2) is 7.78. The molecule has 3 rings (SSSR count). The first-order valence-electron chi connectivity index (χ1n) is 8.41. The molecule has 2 aromatic carbocycles. The molecule has 4 nitrogen and oxygen atoms in total. The van der Waals surface area contributed by atoms with Crippen LogP contribution in [0.25, 0.3) is 0 Å². The Morgan fingerprint density at radius 2 is 1.77 bits per heavy atom. The number of hydrogen-bond donors (Lipinski definition) is 1. The fraction of sp³-hybridized carbons (Fsp3) is 0.316. The summed E-state index contributed by atoms with van der Waals surface area (Å²) in [7, 11) is 0. The van der Waals surface area contributed by atoms with Crippen molar-refractivity contribution >= 4 is 17.3 Å². The number of hydrogen-bond acceptors (Lipinski definition) is 3. The third-order valence-corrected chi connectivity index (χ3v) is 4.42. The van der Waals surface area contributed by atoms with E-state index in [0.717, 1.165) is 30.9 Å². The smallest absolute Gasteiger partial charge is 0.238 e. The summed E-state index contributed by atoms with van der Waals surface area (Å²) in [5.41, 5.74) is 1.99. The Bertz CT molecular complexity index is 805. The molecule has 1 aliphatic heterocycles. The zero-order valence-corrected chi connectivity index (χ0v) is 14.4. The van der Waals surface area contributed by atoms with Crippen LogP contribution in [-0.4, -0.2) is 43.5 Å². The van der Waals surface area contributed by atoms with Crippen LogP contribution in [0.2, 0.25) is 0 Å². The van der Waals surface area contributed by atoms with Gasteiger partial charge in [-0.25, -0.2) is 13.2 Å². The molecule has 0 bridgehead atoms. The molecule has 2 aromatic rings. The molecule has 0 aromatic heterocycles. The highest BCUT2D eigenvalue weighted by Gasteiger charge is 2.21. The largest absolute Gasteiger partial charge is 0.369 e. The van der Waals surface area contributed by atoms with Gasteiger partial charge in [-0.1, -0.05) is 12.1 Å². The van der Waals surface area contributed by atoms with Crippen molar-refractivity contribution in [2.45, 2.75) is 6.92 Å². The highest BCUT2D eigenvalue weighted by molar-refractivity contribution is 5.92. The molecule has 138 valence electrons. The number of nitrogens with one attached hydrogen (secondary N) is 1. The zero-order valence-electron chi connectivity index (χ0n) is 14.4. The lowest BCUT2D eigenvalue weighted by atomic mass is 10.2. The van der Waals surface area contributed by atoms with Gasteiger partial charge in [-0.3, -0.25) is 9.69 Å². The number of benzene rings is 2. The summed E-state index contributed by atoms with van der Waals surface area (Å²) < 4.78 is 39.8.